The van der Waals surface area contributed by atoms with Gasteiger partial charge in [0.15, 0.2) is 0 Å². The fourth-order valence-corrected chi connectivity index (χ4v) is 3.43. The Morgan fingerprint density at radius 1 is 0.972 bits per heavy atom. The van der Waals surface area contributed by atoms with Crippen LogP contribution in [0.4, 0.5) is 5.69 Å². The van der Waals surface area contributed by atoms with E-state index in [1.165, 1.54) is 24.4 Å². The summed E-state index contributed by atoms with van der Waals surface area (Å²) in [6, 6.07) is 15.9. The summed E-state index contributed by atoms with van der Waals surface area (Å²) in [6.45, 7) is 2.59. The van der Waals surface area contributed by atoms with Crippen LogP contribution in [0.25, 0.3) is 0 Å². The summed E-state index contributed by atoms with van der Waals surface area (Å²) in [5.41, 5.74) is 3.12. The molecule has 3 rings (SSSR count). The number of hydrogen-bond acceptors (Lipinski definition) is 6. The van der Waals surface area contributed by atoms with Gasteiger partial charge < -0.3 is 14.8 Å². The van der Waals surface area contributed by atoms with Crippen molar-refractivity contribution in [1.29, 1.82) is 0 Å². The monoisotopic (exact) mass is 591 g/mol. The first-order valence-electron chi connectivity index (χ1n) is 10.6. The van der Waals surface area contributed by atoms with Crippen LogP contribution in [0.5, 0.6) is 11.5 Å². The Labute approximate surface area is 225 Å². The molecule has 2 N–H and O–H groups in total. The van der Waals surface area contributed by atoms with Crippen LogP contribution in [0.2, 0.25) is 10.0 Å². The van der Waals surface area contributed by atoms with E-state index < -0.39 is 17.8 Å². The van der Waals surface area contributed by atoms with E-state index in [1.807, 2.05) is 6.92 Å². The molecule has 186 valence electrons. The summed E-state index contributed by atoms with van der Waals surface area (Å²) in [6.07, 6.45) is 2.12. The predicted octanol–water partition coefficient (Wildman–Crippen LogP) is 5.85. The number of amides is 2. The van der Waals surface area contributed by atoms with Gasteiger partial charge in [0.25, 0.3) is 0 Å². The number of anilines is 1. The summed E-state index contributed by atoms with van der Waals surface area (Å²) in [5.74, 6) is -1.70. The minimum absolute atomic E-state index is 0.202. The van der Waals surface area contributed by atoms with Crippen LogP contribution >= 0.6 is 39.1 Å². The van der Waals surface area contributed by atoms with Crippen molar-refractivity contribution in [2.45, 2.75) is 13.3 Å². The highest BCUT2D eigenvalue weighted by molar-refractivity contribution is 9.10. The molecule has 0 aliphatic heterocycles. The summed E-state index contributed by atoms with van der Waals surface area (Å²) in [7, 11) is 0. The highest BCUT2D eigenvalue weighted by Gasteiger charge is 2.15. The van der Waals surface area contributed by atoms with E-state index >= 15 is 0 Å². The van der Waals surface area contributed by atoms with Gasteiger partial charge in [-0.3, -0.25) is 9.59 Å². The van der Waals surface area contributed by atoms with Crippen LogP contribution in [0.1, 0.15) is 29.3 Å². The first-order valence-corrected chi connectivity index (χ1v) is 12.2. The number of nitrogens with one attached hydrogen (secondary N) is 2. The zero-order valence-electron chi connectivity index (χ0n) is 18.9. The Bertz CT molecular complexity index is 1300. The van der Waals surface area contributed by atoms with Gasteiger partial charge in [-0.05, 0) is 67.1 Å². The molecule has 0 fully saturated rings. The Morgan fingerprint density at radius 2 is 1.72 bits per heavy atom. The number of nitrogens with zero attached hydrogens (tertiary/aromatic N) is 1. The topological polar surface area (TPSA) is 106 Å². The van der Waals surface area contributed by atoms with E-state index in [-0.39, 0.29) is 10.8 Å². The van der Waals surface area contributed by atoms with Crippen LogP contribution in [-0.2, 0) is 9.59 Å². The van der Waals surface area contributed by atoms with E-state index in [0.717, 1.165) is 6.42 Å². The van der Waals surface area contributed by atoms with Crippen molar-refractivity contribution in [1.82, 2.24) is 5.43 Å². The van der Waals surface area contributed by atoms with Crippen LogP contribution in [0.15, 0.2) is 70.2 Å². The lowest BCUT2D eigenvalue weighted by molar-refractivity contribution is -0.136. The van der Waals surface area contributed by atoms with E-state index in [2.05, 4.69) is 31.8 Å². The second-order valence-corrected chi connectivity index (χ2v) is 8.96. The smallest absolute Gasteiger partial charge is 0.343 e. The third-order valence-electron chi connectivity index (χ3n) is 4.49. The number of halogens is 3. The first-order chi connectivity index (χ1) is 17.3. The minimum Gasteiger partial charge on any atom is -0.494 e. The maximum atomic E-state index is 12.6. The highest BCUT2D eigenvalue weighted by Crippen LogP contribution is 2.25. The van der Waals surface area contributed by atoms with Crippen molar-refractivity contribution in [3.8, 4) is 11.5 Å². The molecule has 0 aromatic heterocycles. The molecule has 0 aliphatic carbocycles. The van der Waals surface area contributed by atoms with Gasteiger partial charge in [-0.25, -0.2) is 10.2 Å². The lowest BCUT2D eigenvalue weighted by Gasteiger charge is -2.09. The molecule has 11 heteroatoms. The van der Waals surface area contributed by atoms with Gasteiger partial charge in [-0.2, -0.15) is 5.10 Å². The molecule has 3 aromatic carbocycles. The van der Waals surface area contributed by atoms with Gasteiger partial charge in [-0.1, -0.05) is 46.1 Å². The fourth-order valence-electron chi connectivity index (χ4n) is 2.75. The van der Waals surface area contributed by atoms with Crippen LogP contribution in [-0.4, -0.2) is 30.6 Å². The average Bonchev–Trinajstić information content (AvgIpc) is 2.86. The fraction of sp³-hybridized carbons (Fsp3) is 0.120. The number of rotatable bonds is 8. The molecule has 0 heterocycles. The SMILES string of the molecule is CCCOc1ccc(C(=O)Oc2ccc(Br)cc2C=NNC(=O)C(=O)Nc2ccc(Cl)c(Cl)c2)cc1. The molecule has 0 aliphatic rings. The minimum atomic E-state index is -1.02. The lowest BCUT2D eigenvalue weighted by Crippen LogP contribution is -2.32. The summed E-state index contributed by atoms with van der Waals surface area (Å²) in [4.78, 5) is 36.8. The number of ether oxygens (including phenoxy) is 2. The van der Waals surface area contributed by atoms with E-state index in [4.69, 9.17) is 32.7 Å². The molecule has 8 nitrogen and oxygen atoms in total. The lowest BCUT2D eigenvalue weighted by atomic mass is 10.2. The maximum Gasteiger partial charge on any atom is 0.343 e. The van der Waals surface area contributed by atoms with Gasteiger partial charge in [0, 0.05) is 15.7 Å². The highest BCUT2D eigenvalue weighted by atomic mass is 79.9. The maximum absolute atomic E-state index is 12.6. The van der Waals surface area contributed by atoms with Gasteiger partial charge >= 0.3 is 17.8 Å². The zero-order valence-corrected chi connectivity index (χ0v) is 22.0. The van der Waals surface area contributed by atoms with Crippen LogP contribution in [0, 0.1) is 0 Å². The number of esters is 1. The Kier molecular flexibility index (Phi) is 9.86. The number of benzene rings is 3. The number of carbonyl (C=O) groups excluding carboxylic acids is 3. The third kappa shape index (κ3) is 7.81. The van der Waals surface area contributed by atoms with Crippen LogP contribution in [0.3, 0.4) is 0 Å². The first kappa shape index (κ1) is 27.2. The number of carbonyl (C=O) groups is 3. The molecule has 0 unspecified atom stereocenters. The molecular weight excluding hydrogens is 573 g/mol. The third-order valence-corrected chi connectivity index (χ3v) is 5.72. The quantitative estimate of drug-likeness (QED) is 0.112. The van der Waals surface area contributed by atoms with Gasteiger partial charge in [0.1, 0.15) is 11.5 Å². The van der Waals surface area contributed by atoms with E-state index in [9.17, 15) is 14.4 Å². The molecule has 0 saturated heterocycles. The molecule has 2 amide bonds. The van der Waals surface area contributed by atoms with E-state index in [0.29, 0.717) is 38.7 Å². The molecule has 0 bridgehead atoms. The van der Waals surface area contributed by atoms with Crippen molar-refractivity contribution >= 4 is 68.8 Å². The van der Waals surface area contributed by atoms with Crippen molar-refractivity contribution < 1.29 is 23.9 Å². The molecule has 0 spiro atoms. The molecule has 36 heavy (non-hydrogen) atoms. The second kappa shape index (κ2) is 13.1. The van der Waals surface area contributed by atoms with Crippen molar-refractivity contribution in [2.24, 2.45) is 5.10 Å². The predicted molar refractivity (Wildman–Crippen MR) is 142 cm³/mol. The molecule has 0 saturated carbocycles. The van der Waals surface area contributed by atoms with Crippen molar-refractivity contribution in [3.05, 3.63) is 86.3 Å². The molecule has 3 aromatic rings. The van der Waals surface area contributed by atoms with Crippen molar-refractivity contribution in [3.63, 3.8) is 0 Å². The Balaban J connectivity index is 1.63. The van der Waals surface area contributed by atoms with E-state index in [1.54, 1.807) is 42.5 Å². The average molecular weight is 593 g/mol. The summed E-state index contributed by atoms with van der Waals surface area (Å²) >= 11 is 15.1. The van der Waals surface area contributed by atoms with Crippen molar-refractivity contribution in [2.75, 3.05) is 11.9 Å². The number of hydrazone groups is 1. The summed E-state index contributed by atoms with van der Waals surface area (Å²) in [5, 5.41) is 6.72. The standard InChI is InChI=1S/C25H20BrCl2N3O5/c1-2-11-35-19-7-3-15(4-8-19)25(34)36-22-10-5-17(26)12-16(22)14-29-31-24(33)23(32)30-18-6-9-20(27)21(28)13-18/h3-10,12-14H,2,11H2,1H3,(H,30,32)(H,31,33). The summed E-state index contributed by atoms with van der Waals surface area (Å²) < 4.78 is 11.7. The largest absolute Gasteiger partial charge is 0.494 e. The van der Waals surface area contributed by atoms with Gasteiger partial charge in [-0.15, -0.1) is 0 Å². The zero-order chi connectivity index (χ0) is 26.1. The Hall–Kier alpha value is -3.40. The Morgan fingerprint density at radius 3 is 2.42 bits per heavy atom. The molecular formula is C25H20BrCl2N3O5. The second-order valence-electron chi connectivity index (χ2n) is 7.23. The molecule has 0 atom stereocenters. The van der Waals surface area contributed by atoms with Crippen LogP contribution < -0.4 is 20.2 Å². The van der Waals surface area contributed by atoms with Gasteiger partial charge in [0.2, 0.25) is 0 Å². The number of hydrogen-bond donors (Lipinski definition) is 2. The normalized spacial score (nSPS) is 10.7. The molecule has 0 radical (unpaired) electrons. The van der Waals surface area contributed by atoms with Gasteiger partial charge in [0.05, 0.1) is 28.4 Å².